The Bertz CT molecular complexity index is 741. The van der Waals surface area contributed by atoms with Crippen LogP contribution in [0.4, 0.5) is 4.39 Å². The monoisotopic (exact) mass is 412 g/mol. The molecule has 1 aliphatic rings. The van der Waals surface area contributed by atoms with Crippen molar-refractivity contribution < 1.29 is 13.9 Å². The standard InChI is InChI=1S/C20H22ClFN2O2.ClH/c1-15-12-23(13-16-2-6-18(22)7-3-16)10-11-24(15)20(25)14-26-19-8-4-17(21)5-9-19;/h2-9,15H,10-14H2,1H3;1H/t15-;/m1./s1. The van der Waals surface area contributed by atoms with Gasteiger partial charge in [0.25, 0.3) is 5.91 Å². The van der Waals surface area contributed by atoms with Crippen molar-refractivity contribution in [3.05, 3.63) is 64.9 Å². The maximum atomic E-state index is 13.0. The predicted octanol–water partition coefficient (Wildman–Crippen LogP) is 4.01. The molecule has 0 radical (unpaired) electrons. The van der Waals surface area contributed by atoms with E-state index >= 15 is 0 Å². The average Bonchev–Trinajstić information content (AvgIpc) is 2.63. The molecule has 0 spiro atoms. The van der Waals surface area contributed by atoms with Crippen molar-refractivity contribution in [2.45, 2.75) is 19.5 Å². The first-order chi connectivity index (χ1) is 12.5. The Morgan fingerprint density at radius 3 is 2.44 bits per heavy atom. The average molecular weight is 413 g/mol. The minimum absolute atomic E-state index is 0. The van der Waals surface area contributed by atoms with Gasteiger partial charge in [0.1, 0.15) is 11.6 Å². The number of piperazine rings is 1. The number of ether oxygens (including phenoxy) is 1. The zero-order valence-corrected chi connectivity index (χ0v) is 16.7. The lowest BCUT2D eigenvalue weighted by molar-refractivity contribution is -0.138. The maximum Gasteiger partial charge on any atom is 0.260 e. The van der Waals surface area contributed by atoms with Crippen LogP contribution in [0, 0.1) is 5.82 Å². The molecular weight excluding hydrogens is 390 g/mol. The van der Waals surface area contributed by atoms with E-state index in [1.807, 2.05) is 11.8 Å². The van der Waals surface area contributed by atoms with E-state index in [0.717, 1.165) is 25.2 Å². The van der Waals surface area contributed by atoms with Crippen LogP contribution < -0.4 is 4.74 Å². The van der Waals surface area contributed by atoms with E-state index in [9.17, 15) is 9.18 Å². The Labute approximate surface area is 170 Å². The SMILES string of the molecule is C[C@@H]1CN(Cc2ccc(F)cc2)CCN1C(=O)COc1ccc(Cl)cc1.Cl. The van der Waals surface area contributed by atoms with Gasteiger partial charge < -0.3 is 9.64 Å². The molecule has 1 fully saturated rings. The van der Waals surface area contributed by atoms with Gasteiger partial charge in [0.15, 0.2) is 6.61 Å². The summed E-state index contributed by atoms with van der Waals surface area (Å²) < 4.78 is 18.6. The van der Waals surface area contributed by atoms with Crippen molar-refractivity contribution in [3.63, 3.8) is 0 Å². The fourth-order valence-corrected chi connectivity index (χ4v) is 3.28. The second kappa shape index (κ2) is 9.93. The van der Waals surface area contributed by atoms with E-state index in [0.29, 0.717) is 17.3 Å². The number of carbonyl (C=O) groups is 1. The molecular formula is C20H23Cl2FN2O2. The van der Waals surface area contributed by atoms with Gasteiger partial charge >= 0.3 is 0 Å². The minimum atomic E-state index is -0.224. The van der Waals surface area contributed by atoms with Crippen LogP contribution in [0.5, 0.6) is 5.75 Å². The highest BCUT2D eigenvalue weighted by atomic mass is 35.5. The molecule has 1 amide bonds. The first-order valence-electron chi connectivity index (χ1n) is 8.66. The van der Waals surface area contributed by atoms with Crippen LogP contribution in [0.25, 0.3) is 0 Å². The largest absolute Gasteiger partial charge is 0.484 e. The first-order valence-corrected chi connectivity index (χ1v) is 9.04. The Morgan fingerprint density at radius 2 is 1.81 bits per heavy atom. The molecule has 3 rings (SSSR count). The second-order valence-corrected chi connectivity index (χ2v) is 6.98. The van der Waals surface area contributed by atoms with Crippen LogP contribution in [-0.4, -0.2) is 48.0 Å². The van der Waals surface area contributed by atoms with Crippen molar-refractivity contribution in [1.82, 2.24) is 9.80 Å². The Hall–Kier alpha value is -1.82. The van der Waals surface area contributed by atoms with Crippen LogP contribution in [0.3, 0.4) is 0 Å². The number of nitrogens with zero attached hydrogens (tertiary/aromatic N) is 2. The fourth-order valence-electron chi connectivity index (χ4n) is 3.15. The molecule has 1 heterocycles. The summed E-state index contributed by atoms with van der Waals surface area (Å²) >= 11 is 5.84. The molecule has 1 atom stereocenters. The van der Waals surface area contributed by atoms with E-state index < -0.39 is 0 Å². The fraction of sp³-hybridized carbons (Fsp3) is 0.350. The maximum absolute atomic E-state index is 13.0. The van der Waals surface area contributed by atoms with Gasteiger partial charge in [-0.2, -0.15) is 0 Å². The van der Waals surface area contributed by atoms with Crippen molar-refractivity contribution in [3.8, 4) is 5.75 Å². The summed E-state index contributed by atoms with van der Waals surface area (Å²) in [4.78, 5) is 16.6. The highest BCUT2D eigenvalue weighted by molar-refractivity contribution is 6.30. The topological polar surface area (TPSA) is 32.8 Å². The molecule has 0 bridgehead atoms. The van der Waals surface area contributed by atoms with E-state index in [1.165, 1.54) is 12.1 Å². The first kappa shape index (κ1) is 21.5. The predicted molar refractivity (Wildman–Crippen MR) is 107 cm³/mol. The minimum Gasteiger partial charge on any atom is -0.484 e. The van der Waals surface area contributed by atoms with E-state index in [4.69, 9.17) is 16.3 Å². The summed E-state index contributed by atoms with van der Waals surface area (Å²) in [6.07, 6.45) is 0. The molecule has 0 aliphatic carbocycles. The van der Waals surface area contributed by atoms with Gasteiger partial charge in [0, 0.05) is 37.2 Å². The molecule has 146 valence electrons. The van der Waals surface area contributed by atoms with Crippen molar-refractivity contribution >= 4 is 29.9 Å². The Morgan fingerprint density at radius 1 is 1.15 bits per heavy atom. The lowest BCUT2D eigenvalue weighted by Crippen LogP contribution is -2.54. The van der Waals surface area contributed by atoms with E-state index in [2.05, 4.69) is 4.90 Å². The normalized spacial score (nSPS) is 17.3. The zero-order valence-electron chi connectivity index (χ0n) is 15.1. The van der Waals surface area contributed by atoms with Crippen LogP contribution in [0.2, 0.25) is 5.02 Å². The van der Waals surface area contributed by atoms with Gasteiger partial charge in [-0.15, -0.1) is 12.4 Å². The molecule has 0 unspecified atom stereocenters. The number of hydrogen-bond donors (Lipinski definition) is 0. The molecule has 27 heavy (non-hydrogen) atoms. The second-order valence-electron chi connectivity index (χ2n) is 6.54. The molecule has 4 nitrogen and oxygen atoms in total. The van der Waals surface area contributed by atoms with Gasteiger partial charge in [-0.25, -0.2) is 4.39 Å². The molecule has 2 aromatic rings. The van der Waals surface area contributed by atoms with Gasteiger partial charge in [-0.1, -0.05) is 23.7 Å². The number of carbonyl (C=O) groups excluding carboxylic acids is 1. The van der Waals surface area contributed by atoms with Crippen LogP contribution >= 0.6 is 24.0 Å². The van der Waals surface area contributed by atoms with Crippen LogP contribution in [0.1, 0.15) is 12.5 Å². The van der Waals surface area contributed by atoms with Gasteiger partial charge in [-0.3, -0.25) is 9.69 Å². The Balaban J connectivity index is 0.00000261. The molecule has 0 N–H and O–H groups in total. The van der Waals surface area contributed by atoms with E-state index in [-0.39, 0.29) is 36.8 Å². The smallest absolute Gasteiger partial charge is 0.260 e. The third kappa shape index (κ3) is 6.09. The highest BCUT2D eigenvalue weighted by Gasteiger charge is 2.27. The van der Waals surface area contributed by atoms with Crippen molar-refractivity contribution in [2.24, 2.45) is 0 Å². The highest BCUT2D eigenvalue weighted by Crippen LogP contribution is 2.17. The summed E-state index contributed by atoms with van der Waals surface area (Å²) in [5, 5.41) is 0.634. The number of hydrogen-bond acceptors (Lipinski definition) is 3. The van der Waals surface area contributed by atoms with Crippen molar-refractivity contribution in [2.75, 3.05) is 26.2 Å². The Kier molecular flexibility index (Phi) is 7.90. The number of rotatable bonds is 5. The number of amides is 1. The van der Waals surface area contributed by atoms with Crippen LogP contribution in [-0.2, 0) is 11.3 Å². The molecule has 0 saturated carbocycles. The van der Waals surface area contributed by atoms with Gasteiger partial charge in [0.05, 0.1) is 0 Å². The third-order valence-corrected chi connectivity index (χ3v) is 4.78. The van der Waals surface area contributed by atoms with Gasteiger partial charge in [-0.05, 0) is 48.9 Å². The number of halogens is 3. The quantitative estimate of drug-likeness (QED) is 0.743. The molecule has 7 heteroatoms. The summed E-state index contributed by atoms with van der Waals surface area (Å²) in [6.45, 7) is 5.04. The van der Waals surface area contributed by atoms with Crippen LogP contribution in [0.15, 0.2) is 48.5 Å². The summed E-state index contributed by atoms with van der Waals surface area (Å²) in [7, 11) is 0. The van der Waals surface area contributed by atoms with Gasteiger partial charge in [0.2, 0.25) is 0 Å². The summed E-state index contributed by atoms with van der Waals surface area (Å²) in [5.74, 6) is 0.387. The van der Waals surface area contributed by atoms with Crippen molar-refractivity contribution in [1.29, 1.82) is 0 Å². The zero-order chi connectivity index (χ0) is 18.5. The summed E-state index contributed by atoms with van der Waals surface area (Å²) in [6, 6.07) is 13.6. The molecule has 1 aliphatic heterocycles. The van der Waals surface area contributed by atoms with E-state index in [1.54, 1.807) is 36.4 Å². The molecule has 1 saturated heterocycles. The lowest BCUT2D eigenvalue weighted by Gasteiger charge is -2.39. The number of benzene rings is 2. The summed E-state index contributed by atoms with van der Waals surface area (Å²) in [5.41, 5.74) is 1.07. The third-order valence-electron chi connectivity index (χ3n) is 4.53. The lowest BCUT2D eigenvalue weighted by atomic mass is 10.1. The molecule has 2 aromatic carbocycles. The molecule has 0 aromatic heterocycles.